The summed E-state index contributed by atoms with van der Waals surface area (Å²) in [6.45, 7) is 1.47. The summed E-state index contributed by atoms with van der Waals surface area (Å²) >= 11 is 0. The third-order valence-electron chi connectivity index (χ3n) is 3.48. The Morgan fingerprint density at radius 3 is 2.52 bits per heavy atom. The van der Waals surface area contributed by atoms with Crippen LogP contribution in [-0.4, -0.2) is 17.2 Å². The zero-order valence-corrected chi connectivity index (χ0v) is 12.7. The third kappa shape index (κ3) is 3.37. The first-order valence-corrected chi connectivity index (χ1v) is 7.26. The number of carbonyl (C=O) groups is 1. The second-order valence-electron chi connectivity index (χ2n) is 5.21. The Morgan fingerprint density at radius 1 is 1.04 bits per heavy atom. The van der Waals surface area contributed by atoms with Crippen molar-refractivity contribution in [2.24, 2.45) is 4.99 Å². The highest BCUT2D eigenvalue weighted by atomic mass is 16.3. The van der Waals surface area contributed by atoms with Crippen LogP contribution in [0.2, 0.25) is 0 Å². The largest absolute Gasteiger partial charge is 0.507 e. The van der Waals surface area contributed by atoms with Crippen LogP contribution in [0.1, 0.15) is 12.5 Å². The van der Waals surface area contributed by atoms with E-state index in [4.69, 9.17) is 0 Å². The van der Waals surface area contributed by atoms with E-state index in [-0.39, 0.29) is 11.7 Å². The molecular weight excluding hydrogens is 288 g/mol. The quantitative estimate of drug-likeness (QED) is 0.710. The summed E-state index contributed by atoms with van der Waals surface area (Å²) in [5.41, 5.74) is 2.16. The van der Waals surface area contributed by atoms with E-state index in [1.54, 1.807) is 24.4 Å². The molecule has 0 radical (unpaired) electrons. The first kappa shape index (κ1) is 14.8. The minimum absolute atomic E-state index is 0.109. The zero-order valence-electron chi connectivity index (χ0n) is 12.7. The van der Waals surface area contributed by atoms with Crippen LogP contribution in [0.25, 0.3) is 10.8 Å². The van der Waals surface area contributed by atoms with Gasteiger partial charge in [0.1, 0.15) is 5.75 Å². The number of hydrogen-bond donors (Lipinski definition) is 2. The number of amides is 1. The normalized spacial score (nSPS) is 11.0. The van der Waals surface area contributed by atoms with E-state index < -0.39 is 0 Å². The van der Waals surface area contributed by atoms with Gasteiger partial charge in [0.2, 0.25) is 5.91 Å². The van der Waals surface area contributed by atoms with Crippen molar-refractivity contribution in [3.05, 3.63) is 66.2 Å². The van der Waals surface area contributed by atoms with E-state index in [1.165, 1.54) is 6.92 Å². The summed E-state index contributed by atoms with van der Waals surface area (Å²) in [6.07, 6.45) is 1.66. The fourth-order valence-corrected chi connectivity index (χ4v) is 2.39. The molecule has 4 nitrogen and oxygen atoms in total. The van der Waals surface area contributed by atoms with Crippen LogP contribution in [0.4, 0.5) is 11.4 Å². The lowest BCUT2D eigenvalue weighted by atomic mass is 10.0. The molecule has 0 saturated heterocycles. The Kier molecular flexibility index (Phi) is 4.06. The molecule has 2 N–H and O–H groups in total. The molecule has 3 rings (SSSR count). The second-order valence-corrected chi connectivity index (χ2v) is 5.21. The molecule has 23 heavy (non-hydrogen) atoms. The third-order valence-corrected chi connectivity index (χ3v) is 3.48. The van der Waals surface area contributed by atoms with E-state index in [0.29, 0.717) is 5.56 Å². The molecule has 0 aromatic heterocycles. The lowest BCUT2D eigenvalue weighted by Crippen LogP contribution is -2.04. The average molecular weight is 304 g/mol. The topological polar surface area (TPSA) is 61.7 Å². The summed E-state index contributed by atoms with van der Waals surface area (Å²) in [7, 11) is 0. The fourth-order valence-electron chi connectivity index (χ4n) is 2.39. The van der Waals surface area contributed by atoms with Gasteiger partial charge in [-0.3, -0.25) is 9.79 Å². The van der Waals surface area contributed by atoms with Crippen molar-refractivity contribution in [3.8, 4) is 5.75 Å². The summed E-state index contributed by atoms with van der Waals surface area (Å²) in [6, 6.07) is 18.6. The van der Waals surface area contributed by atoms with Crippen LogP contribution in [0.5, 0.6) is 5.75 Å². The lowest BCUT2D eigenvalue weighted by molar-refractivity contribution is -0.114. The molecule has 3 aromatic rings. The molecule has 3 aromatic carbocycles. The minimum Gasteiger partial charge on any atom is -0.507 e. The number of phenols is 1. The molecule has 1 amide bonds. The Hall–Kier alpha value is -3.14. The van der Waals surface area contributed by atoms with E-state index in [1.807, 2.05) is 42.5 Å². The number of nitrogens with one attached hydrogen (secondary N) is 1. The van der Waals surface area contributed by atoms with Crippen LogP contribution in [0.3, 0.4) is 0 Å². The van der Waals surface area contributed by atoms with Crippen molar-refractivity contribution in [1.29, 1.82) is 0 Å². The van der Waals surface area contributed by atoms with Gasteiger partial charge in [0.15, 0.2) is 0 Å². The highest BCUT2D eigenvalue weighted by Gasteiger charge is 2.04. The van der Waals surface area contributed by atoms with Gasteiger partial charge in [-0.25, -0.2) is 0 Å². The molecule has 0 aliphatic heterocycles. The molecule has 0 saturated carbocycles. The SMILES string of the molecule is CC(=O)Nc1ccc(N=Cc2c(O)ccc3ccccc23)cc1. The fraction of sp³-hybridized carbons (Fsp3) is 0.0526. The van der Waals surface area contributed by atoms with Crippen molar-refractivity contribution in [1.82, 2.24) is 0 Å². The van der Waals surface area contributed by atoms with Crippen molar-refractivity contribution in [2.45, 2.75) is 6.92 Å². The number of aromatic hydroxyl groups is 1. The molecular formula is C19H16N2O2. The van der Waals surface area contributed by atoms with Gasteiger partial charge in [-0.15, -0.1) is 0 Å². The first-order valence-electron chi connectivity index (χ1n) is 7.26. The molecule has 0 heterocycles. The zero-order chi connectivity index (χ0) is 16.2. The van der Waals surface area contributed by atoms with Crippen LogP contribution in [0.15, 0.2) is 65.7 Å². The Balaban J connectivity index is 1.91. The summed E-state index contributed by atoms with van der Waals surface area (Å²) in [5.74, 6) is 0.0873. The van der Waals surface area contributed by atoms with Gasteiger partial charge in [-0.1, -0.05) is 30.3 Å². The number of hydrogen-bond acceptors (Lipinski definition) is 3. The maximum Gasteiger partial charge on any atom is 0.221 e. The highest BCUT2D eigenvalue weighted by Crippen LogP contribution is 2.26. The van der Waals surface area contributed by atoms with Crippen molar-refractivity contribution >= 4 is 34.3 Å². The van der Waals surface area contributed by atoms with Crippen LogP contribution in [-0.2, 0) is 4.79 Å². The second kappa shape index (κ2) is 6.32. The molecule has 114 valence electrons. The smallest absolute Gasteiger partial charge is 0.221 e. The van der Waals surface area contributed by atoms with Crippen LogP contribution >= 0.6 is 0 Å². The number of fused-ring (bicyclic) bond motifs is 1. The number of aliphatic imine (C=N–C) groups is 1. The first-order chi connectivity index (χ1) is 11.1. The predicted octanol–water partition coefficient (Wildman–Crippen LogP) is 4.25. The Bertz CT molecular complexity index is 884. The van der Waals surface area contributed by atoms with Crippen molar-refractivity contribution in [3.63, 3.8) is 0 Å². The van der Waals surface area contributed by atoms with E-state index in [2.05, 4.69) is 10.3 Å². The maximum absolute atomic E-state index is 11.0. The molecule has 0 aliphatic carbocycles. The standard InChI is InChI=1S/C19H16N2O2/c1-13(22)21-16-9-7-15(8-10-16)20-12-18-17-5-3-2-4-14(17)6-11-19(18)23/h2-12,23H,1H3,(H,21,22). The molecule has 0 fully saturated rings. The Morgan fingerprint density at radius 2 is 1.78 bits per heavy atom. The van der Waals surface area contributed by atoms with Crippen molar-refractivity contribution in [2.75, 3.05) is 5.32 Å². The maximum atomic E-state index is 11.0. The number of carbonyl (C=O) groups excluding carboxylic acids is 1. The summed E-state index contributed by atoms with van der Waals surface area (Å²) in [4.78, 5) is 15.4. The predicted molar refractivity (Wildman–Crippen MR) is 93.6 cm³/mol. The molecule has 0 atom stereocenters. The average Bonchev–Trinajstić information content (AvgIpc) is 2.55. The number of anilines is 1. The van der Waals surface area contributed by atoms with Gasteiger partial charge in [-0.2, -0.15) is 0 Å². The number of benzene rings is 3. The number of rotatable bonds is 3. The van der Waals surface area contributed by atoms with Gasteiger partial charge >= 0.3 is 0 Å². The summed E-state index contributed by atoms with van der Waals surface area (Å²) in [5, 5.41) is 14.8. The van der Waals surface area contributed by atoms with E-state index >= 15 is 0 Å². The minimum atomic E-state index is -0.109. The number of phenolic OH excluding ortho intramolecular Hbond substituents is 1. The molecule has 4 heteroatoms. The highest BCUT2D eigenvalue weighted by molar-refractivity contribution is 6.03. The molecule has 0 bridgehead atoms. The lowest BCUT2D eigenvalue weighted by Gasteiger charge is -2.05. The van der Waals surface area contributed by atoms with Gasteiger partial charge in [0, 0.05) is 24.4 Å². The van der Waals surface area contributed by atoms with E-state index in [0.717, 1.165) is 22.1 Å². The van der Waals surface area contributed by atoms with Crippen molar-refractivity contribution < 1.29 is 9.90 Å². The molecule has 0 aliphatic rings. The van der Waals surface area contributed by atoms with Crippen LogP contribution in [0, 0.1) is 0 Å². The molecule has 0 unspecified atom stereocenters. The van der Waals surface area contributed by atoms with Gasteiger partial charge in [-0.05, 0) is 41.1 Å². The molecule has 0 spiro atoms. The Labute approximate surface area is 134 Å². The van der Waals surface area contributed by atoms with E-state index in [9.17, 15) is 9.90 Å². The van der Waals surface area contributed by atoms with Gasteiger partial charge in [0.25, 0.3) is 0 Å². The van der Waals surface area contributed by atoms with Gasteiger partial charge in [0.05, 0.1) is 5.69 Å². The monoisotopic (exact) mass is 304 g/mol. The number of nitrogens with zero attached hydrogens (tertiary/aromatic N) is 1. The van der Waals surface area contributed by atoms with Gasteiger partial charge < -0.3 is 10.4 Å². The summed E-state index contributed by atoms with van der Waals surface area (Å²) < 4.78 is 0. The van der Waals surface area contributed by atoms with Crippen LogP contribution < -0.4 is 5.32 Å².